The largest absolute Gasteiger partial charge is 0.481 e. The third-order valence-corrected chi connectivity index (χ3v) is 12.4. The van der Waals surface area contributed by atoms with Gasteiger partial charge >= 0.3 is 41.8 Å². The van der Waals surface area contributed by atoms with E-state index >= 15 is 0 Å². The van der Waals surface area contributed by atoms with Crippen LogP contribution >= 0.6 is 0 Å². The van der Waals surface area contributed by atoms with Crippen molar-refractivity contribution >= 4 is 83.1 Å². The minimum Gasteiger partial charge on any atom is -0.481 e. The van der Waals surface area contributed by atoms with Gasteiger partial charge in [-0.2, -0.15) is 0 Å². The van der Waals surface area contributed by atoms with Gasteiger partial charge in [-0.05, 0) is 63.8 Å². The summed E-state index contributed by atoms with van der Waals surface area (Å²) in [5.74, 6) is -15.8. The van der Waals surface area contributed by atoms with Crippen molar-refractivity contribution in [2.45, 2.75) is 94.8 Å². The zero-order valence-corrected chi connectivity index (χ0v) is 43.4. The molecule has 31 heteroatoms. The van der Waals surface area contributed by atoms with E-state index in [1.165, 1.54) is 18.2 Å². The highest BCUT2D eigenvalue weighted by atomic mass is 16.7. The molecule has 1 aromatic carbocycles. The van der Waals surface area contributed by atoms with E-state index in [1.807, 2.05) is 16.8 Å². The van der Waals surface area contributed by atoms with Crippen molar-refractivity contribution in [2.24, 2.45) is 0 Å². The van der Waals surface area contributed by atoms with Crippen LogP contribution in [-0.4, -0.2) is 248 Å². The number of rotatable bonds is 31. The first-order valence-corrected chi connectivity index (χ1v) is 25.2. The average Bonchev–Trinajstić information content (AvgIpc) is 3.69. The van der Waals surface area contributed by atoms with Crippen LogP contribution in [0.1, 0.15) is 91.3 Å². The Morgan fingerprint density at radius 1 is 0.519 bits per heavy atom. The molecule has 11 N–H and O–H groups in total. The maximum Gasteiger partial charge on any atom is 0.363 e. The Kier molecular flexibility index (Phi) is 27.4. The van der Waals surface area contributed by atoms with Gasteiger partial charge in [-0.3, -0.25) is 72.2 Å². The van der Waals surface area contributed by atoms with E-state index in [0.29, 0.717) is 39.3 Å². The van der Waals surface area contributed by atoms with Crippen molar-refractivity contribution in [3.63, 3.8) is 0 Å². The molecule has 3 rings (SSSR count). The van der Waals surface area contributed by atoms with Crippen molar-refractivity contribution in [3.05, 3.63) is 35.4 Å². The van der Waals surface area contributed by atoms with Gasteiger partial charge in [0, 0.05) is 96.6 Å². The molecule has 0 radical (unpaired) electrons. The Balaban J connectivity index is 1.66. The lowest BCUT2D eigenvalue weighted by Crippen LogP contribution is -2.58. The molecule has 0 unspecified atom stereocenters. The quantitative estimate of drug-likeness (QED) is 0.0253. The fourth-order valence-corrected chi connectivity index (χ4v) is 7.96. The van der Waals surface area contributed by atoms with Crippen molar-refractivity contribution < 1.29 is 103 Å². The number of nitrogens with one attached hydrogen (secondary N) is 5. The van der Waals surface area contributed by atoms with Gasteiger partial charge in [-0.25, -0.2) is 9.59 Å². The summed E-state index contributed by atoms with van der Waals surface area (Å²) in [6.07, 6.45) is -4.44. The Labute approximate surface area is 451 Å². The molecular formula is C48H68N10O21. The van der Waals surface area contributed by atoms with Crippen molar-refractivity contribution in [1.29, 1.82) is 0 Å². The SMILES string of the molecule is CN1CCN(CC(=O)O)CCN(CC(=O)O)CCN(CC(=O)NCCCC[C@@H](NC(=O)[C@@H](CCC(=O)O)NC(=O)[C@@H](CCC(=O)O)NC(=O)[C@@H](CCC(=O)O)NC(=O)c2cccc(C(=O)ON3C(=O)CCC3=O)c2)C(=O)O)CC1. The number of benzene rings is 1. The standard InChI is InChI=1S/C48H68N10O21/c1-54-17-19-55(21-22-57(28-42(70)71)24-23-56(20-18-54)27-41(68)69)26-35(59)49-16-3-2-7-34(47(76)77)53-46(75)33(10-15-40(66)67)52-45(74)32(9-14-39(64)65)51-44(73)31(8-13-38(62)63)50-43(72)29-5-4-6-30(25-29)48(78)79-58-36(60)11-12-37(58)61/h4-6,25,31-34H,2-3,7-24,26-28H2,1H3,(H,49,59)(H,50,72)(H,51,73)(H,52,74)(H,53,75)(H,62,63)(H,64,65)(H,66,67)(H,68,69)(H,70,71)(H,76,77)/t31-,32-,33-,34-/m1/s1. The third-order valence-electron chi connectivity index (χ3n) is 12.4. The number of aliphatic carboxylic acids is 6. The van der Waals surface area contributed by atoms with Gasteiger partial charge in [0.15, 0.2) is 0 Å². The second-order valence-electron chi connectivity index (χ2n) is 18.7. The number of carbonyl (C=O) groups is 14. The number of nitrogens with zero attached hydrogens (tertiary/aromatic N) is 5. The summed E-state index contributed by atoms with van der Waals surface area (Å²) in [5.41, 5.74) is -0.615. The van der Waals surface area contributed by atoms with Crippen LogP contribution in [0, 0.1) is 0 Å². The summed E-state index contributed by atoms with van der Waals surface area (Å²) in [5, 5.41) is 69.1. The van der Waals surface area contributed by atoms with Crippen molar-refractivity contribution in [1.82, 2.24) is 51.2 Å². The van der Waals surface area contributed by atoms with E-state index in [9.17, 15) is 97.8 Å². The second kappa shape index (κ2) is 33.2. The molecule has 2 aliphatic rings. The predicted octanol–water partition coefficient (Wildman–Crippen LogP) is -3.55. The molecule has 7 amide bonds. The molecule has 2 fully saturated rings. The number of carboxylic acids is 6. The Hall–Kier alpha value is -8.16. The minimum atomic E-state index is -1.84. The number of hydrogen-bond acceptors (Lipinski definition) is 19. The third kappa shape index (κ3) is 24.8. The van der Waals surface area contributed by atoms with E-state index in [4.69, 9.17) is 4.84 Å². The fourth-order valence-electron chi connectivity index (χ4n) is 7.96. The molecule has 0 bridgehead atoms. The molecule has 0 aliphatic carbocycles. The monoisotopic (exact) mass is 1120 g/mol. The van der Waals surface area contributed by atoms with Crippen molar-refractivity contribution in [2.75, 3.05) is 85.6 Å². The summed E-state index contributed by atoms with van der Waals surface area (Å²) in [7, 11) is 1.85. The number of imide groups is 1. The van der Waals surface area contributed by atoms with Gasteiger partial charge in [-0.15, -0.1) is 5.06 Å². The van der Waals surface area contributed by atoms with Crippen molar-refractivity contribution in [3.8, 4) is 0 Å². The van der Waals surface area contributed by atoms with E-state index in [0.717, 1.165) is 6.07 Å². The number of unbranched alkanes of at least 4 members (excludes halogenated alkanes) is 1. The Bertz CT molecular complexity index is 2390. The summed E-state index contributed by atoms with van der Waals surface area (Å²) in [6, 6.07) is -2.45. The van der Waals surface area contributed by atoms with E-state index in [-0.39, 0.29) is 93.5 Å². The highest BCUT2D eigenvalue weighted by Gasteiger charge is 2.35. The lowest BCUT2D eigenvalue weighted by molar-refractivity contribution is -0.172. The fraction of sp³-hybridized carbons (Fsp3) is 0.583. The average molecular weight is 1120 g/mol. The van der Waals surface area contributed by atoms with E-state index in [1.54, 1.807) is 9.80 Å². The molecule has 0 saturated carbocycles. The number of carbonyl (C=O) groups excluding carboxylic acids is 8. The smallest absolute Gasteiger partial charge is 0.363 e. The van der Waals surface area contributed by atoms with Crippen LogP contribution in [0.5, 0.6) is 0 Å². The van der Waals surface area contributed by atoms with Gasteiger partial charge in [0.1, 0.15) is 24.2 Å². The number of hydroxylamine groups is 2. The summed E-state index contributed by atoms with van der Waals surface area (Å²) in [4.78, 5) is 186. The van der Waals surface area contributed by atoms with Gasteiger partial charge < -0.3 is 67.0 Å². The number of likely N-dealkylation sites (N-methyl/N-ethyl adjacent to an activating group) is 1. The number of amides is 7. The molecule has 4 atom stereocenters. The zero-order valence-electron chi connectivity index (χ0n) is 43.4. The maximum absolute atomic E-state index is 13.8. The van der Waals surface area contributed by atoms with Gasteiger partial charge in [0.2, 0.25) is 23.6 Å². The van der Waals surface area contributed by atoms with Crippen LogP contribution in [0.15, 0.2) is 24.3 Å². The van der Waals surface area contributed by atoms with Crippen LogP contribution in [0.2, 0.25) is 0 Å². The molecule has 79 heavy (non-hydrogen) atoms. The van der Waals surface area contributed by atoms with Crippen LogP contribution in [0.4, 0.5) is 0 Å². The molecule has 0 aromatic heterocycles. The summed E-state index contributed by atoms with van der Waals surface area (Å²) >= 11 is 0. The molecule has 436 valence electrons. The van der Waals surface area contributed by atoms with Gasteiger partial charge in [0.25, 0.3) is 17.7 Å². The molecule has 2 saturated heterocycles. The molecule has 2 heterocycles. The Morgan fingerprint density at radius 3 is 1.38 bits per heavy atom. The maximum atomic E-state index is 13.8. The molecule has 1 aromatic rings. The van der Waals surface area contributed by atoms with Crippen LogP contribution in [0.3, 0.4) is 0 Å². The highest BCUT2D eigenvalue weighted by Crippen LogP contribution is 2.16. The first-order chi connectivity index (χ1) is 37.3. The first kappa shape index (κ1) is 65.1. The molecular weight excluding hydrogens is 1050 g/mol. The minimum absolute atomic E-state index is 0.0626. The van der Waals surface area contributed by atoms with Gasteiger partial charge in [-0.1, -0.05) is 6.07 Å². The second-order valence-corrected chi connectivity index (χ2v) is 18.7. The van der Waals surface area contributed by atoms with E-state index < -0.39 is 140 Å². The van der Waals surface area contributed by atoms with Crippen LogP contribution in [-0.2, 0) is 62.4 Å². The molecule has 0 spiro atoms. The topological polar surface area (TPSA) is 446 Å². The normalized spacial score (nSPS) is 16.6. The number of hydrogen-bond donors (Lipinski definition) is 11. The summed E-state index contributed by atoms with van der Waals surface area (Å²) in [6.45, 7) is 2.56. The van der Waals surface area contributed by atoms with Crippen LogP contribution < -0.4 is 26.6 Å². The highest BCUT2D eigenvalue weighted by molar-refractivity contribution is 6.04. The first-order valence-electron chi connectivity index (χ1n) is 25.2. The van der Waals surface area contributed by atoms with Crippen LogP contribution in [0.25, 0.3) is 0 Å². The summed E-state index contributed by atoms with van der Waals surface area (Å²) < 4.78 is 0. The van der Waals surface area contributed by atoms with E-state index in [2.05, 4.69) is 26.6 Å². The van der Waals surface area contributed by atoms with Gasteiger partial charge in [0.05, 0.1) is 25.2 Å². The zero-order chi connectivity index (χ0) is 58.8. The molecule has 2 aliphatic heterocycles. The lowest BCUT2D eigenvalue weighted by Gasteiger charge is -2.32. The Morgan fingerprint density at radius 2 is 0.937 bits per heavy atom. The molecule has 31 nitrogen and oxygen atoms in total. The predicted molar refractivity (Wildman–Crippen MR) is 267 cm³/mol. The lowest BCUT2D eigenvalue weighted by atomic mass is 10.0. The number of carboxylic acid groups (broad SMARTS) is 6.